The van der Waals surface area contributed by atoms with Crippen molar-refractivity contribution in [1.29, 1.82) is 0 Å². The van der Waals surface area contributed by atoms with Gasteiger partial charge in [0.2, 0.25) is 11.1 Å². The summed E-state index contributed by atoms with van der Waals surface area (Å²) in [6.45, 7) is 18.1. The Morgan fingerprint density at radius 3 is 1.17 bits per heavy atom. The Labute approximate surface area is 787 Å². The summed E-state index contributed by atoms with van der Waals surface area (Å²) in [5.74, 6) is 3.77. The fraction of sp³-hybridized carbons (Fsp3) is 0.194. The van der Waals surface area contributed by atoms with Crippen LogP contribution in [0.5, 0.6) is 17.2 Å². The van der Waals surface area contributed by atoms with E-state index in [1.807, 2.05) is 109 Å². The summed E-state index contributed by atoms with van der Waals surface area (Å²) in [7, 11) is 21.1. The van der Waals surface area contributed by atoms with Crippen molar-refractivity contribution in [2.45, 2.75) is 0 Å². The number of urea groups is 3. The minimum absolute atomic E-state index is 0. The molecule has 2 radical (unpaired) electrons. The topological polar surface area (TPSA) is 404 Å². The normalized spacial score (nSPS) is 12.8. The van der Waals surface area contributed by atoms with E-state index >= 15 is 0 Å². The molecule has 11 N–H and O–H groups in total. The molecule has 0 unspecified atom stereocenters. The first-order valence-corrected chi connectivity index (χ1v) is 48.7. The van der Waals surface area contributed by atoms with Gasteiger partial charge >= 0.3 is 54.8 Å². The van der Waals surface area contributed by atoms with Gasteiger partial charge < -0.3 is 92.0 Å². The molecule has 15 rings (SSSR count). The van der Waals surface area contributed by atoms with Gasteiger partial charge in [-0.3, -0.25) is 19.7 Å². The van der Waals surface area contributed by atoms with Crippen LogP contribution in [0, 0.1) is 10.1 Å². The second kappa shape index (κ2) is 50.5. The van der Waals surface area contributed by atoms with Gasteiger partial charge in [-0.05, 0) is 160 Å². The van der Waals surface area contributed by atoms with Crippen molar-refractivity contribution < 1.29 is 48.6 Å². The molecule has 6 heterocycles. The van der Waals surface area contributed by atoms with Gasteiger partial charge in [0.25, 0.3) is 5.69 Å². The van der Waals surface area contributed by atoms with Crippen LogP contribution in [0.25, 0.3) is 0 Å². The van der Waals surface area contributed by atoms with E-state index in [1.165, 1.54) is 51.9 Å². The van der Waals surface area contributed by atoms with Gasteiger partial charge in [0, 0.05) is 178 Å². The van der Waals surface area contributed by atoms with Crippen LogP contribution in [0.4, 0.5) is 135 Å². The van der Waals surface area contributed by atoms with Gasteiger partial charge in [0.05, 0.1) is 54.7 Å². The number of nitrogens with one attached hydrogen (secondary N) is 7. The molecule has 0 bridgehead atoms. The number of likely N-dealkylation sites (N-methyl/N-ethyl adjacent to an activating group) is 3. The summed E-state index contributed by atoms with van der Waals surface area (Å²) in [4.78, 5) is 118. The summed E-state index contributed by atoms with van der Waals surface area (Å²) in [6.07, 6.45) is 6.35. The van der Waals surface area contributed by atoms with Gasteiger partial charge in [-0.25, -0.2) is 59.0 Å². The Morgan fingerprint density at radius 1 is 0.424 bits per heavy atom. The van der Waals surface area contributed by atoms with Crippen molar-refractivity contribution in [3.05, 3.63) is 291 Å². The number of nitro groups is 1. The van der Waals surface area contributed by atoms with E-state index in [4.69, 9.17) is 49.4 Å². The van der Waals surface area contributed by atoms with Gasteiger partial charge in [0.15, 0.2) is 0 Å². The fourth-order valence-electron chi connectivity index (χ4n) is 13.7. The number of amides is 7. The van der Waals surface area contributed by atoms with E-state index in [9.17, 15) is 34.1 Å². The van der Waals surface area contributed by atoms with Crippen molar-refractivity contribution in [2.75, 3.05) is 193 Å². The number of non-ortho nitro benzene ring substituents is 1. The number of rotatable bonds is 25. The summed E-state index contributed by atoms with van der Waals surface area (Å²) in [6, 6.07) is 69.1. The van der Waals surface area contributed by atoms with Crippen molar-refractivity contribution in [3.8, 4) is 17.2 Å². The number of piperazine rings is 3. The summed E-state index contributed by atoms with van der Waals surface area (Å²) >= 11 is 3.88. The number of hydrogen-bond donors (Lipinski definition) is 8. The molecule has 132 heavy (non-hydrogen) atoms. The standard InChI is InChI=1S/C32H34N8O3.C29H30N8O4.C29H32N8O2.C3H3ClO.2ClH.H2O.Sn/c1-4-31(41)35-24-11-8-12-26(19-24)40(32(42)36-23-9-6-5-7-10-23)30-21-29(33-22-34-30)37-27-14-13-25(20-28(27)43-3)39-17-15-38(2)16-18-39;1-34-13-15-35(16-14-34)23-11-12-25(26(18-23)41-2)36(29(38)33-21-7-4-3-5-8-21)28-19-27(30-20-31-28)32-22-9-6-10-24(17-22)37(39)40;1-35-13-15-36(16-14-35)23-11-12-25(26(18-23)39-2)34-27-19-28(32-20-31-27)37(24-10-6-7-21(30)17-24)29(38)33-22-8-4-3-5-9-22;1-2-3(4)5;;;;/h4-14,19-22H,1,15-18H2,2-3H3,(H,35,41)(H,36,42)(H,33,34,37);3-12,17-20H,13-16H2,1-2H3,(H,33,38)(H,30,31,32);3-12,17-20H,13-16,30H2,1-2H3,(H,33,38)(H,31,32,34);2H,1H2;2*1H;1H2;/q;;;;;;;+2/p-2. The number of halogens is 3. The molecule has 12 aromatic rings. The quantitative estimate of drug-likeness (QED) is 0.00658. The second-order valence-electron chi connectivity index (χ2n) is 29.3. The van der Waals surface area contributed by atoms with E-state index in [2.05, 4.69) is 143 Å². The van der Waals surface area contributed by atoms with Crippen LogP contribution in [0.2, 0.25) is 0 Å². The van der Waals surface area contributed by atoms with Crippen LogP contribution in [0.1, 0.15) is 0 Å². The van der Waals surface area contributed by atoms with E-state index in [0.29, 0.717) is 97.5 Å². The first kappa shape index (κ1) is 99.7. The number of benzene rings is 9. The first-order chi connectivity index (χ1) is 63.5. The molecule has 7 amide bonds. The predicted octanol–water partition coefficient (Wildman–Crippen LogP) is 16.8. The van der Waals surface area contributed by atoms with E-state index in [-0.39, 0.29) is 28.9 Å². The number of hydrogen-bond acceptors (Lipinski definition) is 26. The van der Waals surface area contributed by atoms with Gasteiger partial charge in [-0.15, -0.1) is 0 Å². The molecule has 3 saturated heterocycles. The van der Waals surface area contributed by atoms with Gasteiger partial charge in [0.1, 0.15) is 71.1 Å². The van der Waals surface area contributed by atoms with Crippen LogP contribution in [0.15, 0.2) is 281 Å². The van der Waals surface area contributed by atoms with Crippen LogP contribution in [-0.2, 0) is 9.59 Å². The Morgan fingerprint density at radius 2 is 0.780 bits per heavy atom. The van der Waals surface area contributed by atoms with Crippen molar-refractivity contribution in [2.24, 2.45) is 0 Å². The monoisotopic (exact) mass is 1950 g/mol. The SMILES string of the molecule is C=CC(=O)Cl.C=CC(=O)Nc1cccc(N(C(=O)Nc2ccccc2)c2cc(Nc3ccc(N4CCN(C)CC4)cc3OC)ncn2)c1.COc1cc(N2CCN(C)CC2)ccc1N(C(=O)Nc1ccccc1)c1cc(Nc2cccc([N+](=O)[O-])c2)ncn1.COc1cc(N2CCN(C)CC2)ccc1Nc1cc(N(C(=O)Nc2ccccc2)c2cccc(N)c2)ncn1.O.[Cl][Sn][Cl]. The molecule has 3 aliphatic heterocycles. The number of anilines is 20. The Kier molecular flexibility index (Phi) is 38.1. The Hall–Kier alpha value is -14.4. The number of aromatic nitrogens is 6. The van der Waals surface area contributed by atoms with Crippen LogP contribution >= 0.6 is 29.4 Å². The van der Waals surface area contributed by atoms with Crippen molar-refractivity contribution >= 4 is 198 Å². The molecule has 0 spiro atoms. The zero-order valence-corrected chi connectivity index (χ0v) is 78.4. The fourth-order valence-corrected chi connectivity index (χ4v) is 13.7. The molecule has 3 aliphatic rings. The number of methoxy groups -OCH3 is 3. The molecule has 3 fully saturated rings. The van der Waals surface area contributed by atoms with Crippen LogP contribution in [-0.4, -0.2) is 224 Å². The minimum atomic E-state index is -0.826. The molecule has 3 aromatic heterocycles. The summed E-state index contributed by atoms with van der Waals surface area (Å²) in [5, 5.41) is 31.9. The number of nitro benzene ring substituents is 1. The number of ether oxygens (including phenoxy) is 3. The van der Waals surface area contributed by atoms with E-state index in [1.54, 1.807) is 124 Å². The second-order valence-corrected chi connectivity index (χ2v) is 33.9. The molecule has 39 heteroatoms. The zero-order chi connectivity index (χ0) is 93.1. The molecule has 684 valence electrons. The molecule has 0 aliphatic carbocycles. The third-order valence-corrected chi connectivity index (χ3v) is 20.6. The molecule has 9 aromatic carbocycles. The molecular formula is C93H101Cl3N24O11Sn. The summed E-state index contributed by atoms with van der Waals surface area (Å²) < 4.78 is 17.2. The average Bonchev–Trinajstić information content (AvgIpc) is 0.867. The molecule has 0 atom stereocenters. The van der Waals surface area contributed by atoms with Crippen LogP contribution in [0.3, 0.4) is 0 Å². The average molecular weight is 1960 g/mol. The number of nitrogens with zero attached hydrogens (tertiary/aromatic N) is 16. The number of para-hydroxylation sites is 3. The maximum absolute atomic E-state index is 13.8. The first-order valence-electron chi connectivity index (χ1n) is 41.0. The van der Waals surface area contributed by atoms with Gasteiger partial charge in [-0.2, -0.15) is 0 Å². The van der Waals surface area contributed by atoms with Gasteiger partial charge in [-0.1, -0.05) is 86.0 Å². The predicted molar refractivity (Wildman–Crippen MR) is 528 cm³/mol. The Bertz CT molecular complexity index is 5860. The number of carbonyl (C=O) groups excluding carboxylic acids is 5. The summed E-state index contributed by atoms with van der Waals surface area (Å²) in [5.41, 5.74) is 15.6. The molecule has 0 saturated carbocycles. The number of carbonyl (C=O) groups is 5. The third kappa shape index (κ3) is 29.0. The molecule has 35 nitrogen and oxygen atoms in total. The van der Waals surface area contributed by atoms with E-state index in [0.717, 1.165) is 113 Å². The third-order valence-electron chi connectivity index (χ3n) is 20.4. The van der Waals surface area contributed by atoms with Crippen LogP contribution < -0.4 is 86.6 Å². The van der Waals surface area contributed by atoms with E-state index < -0.39 is 41.1 Å². The van der Waals surface area contributed by atoms with Crippen molar-refractivity contribution in [3.63, 3.8) is 0 Å². The van der Waals surface area contributed by atoms with Crippen molar-refractivity contribution in [1.82, 2.24) is 44.6 Å². The Balaban J connectivity index is 0.000000196. The number of nitrogens with two attached hydrogens (primary N) is 1. The number of allylic oxidation sites excluding steroid dienone is 1. The number of nitrogen functional groups attached to an aromatic ring is 1. The maximum atomic E-state index is 13.8. The zero-order valence-electron chi connectivity index (χ0n) is 73.3. The molecular weight excluding hydrogens is 1850 g/mol.